The molecule has 0 aliphatic heterocycles. The highest BCUT2D eigenvalue weighted by atomic mass is 32.2. The average molecular weight is 203 g/mol. The van der Waals surface area contributed by atoms with Crippen molar-refractivity contribution in [3.05, 3.63) is 0 Å². The molecule has 0 aromatic heterocycles. The Hall–Kier alpha value is -0.380. The molecule has 0 atom stereocenters. The SMILES string of the molecule is CN=C(NCC(C)(C)SC)N(C)C. The van der Waals surface area contributed by atoms with E-state index in [-0.39, 0.29) is 4.75 Å². The van der Waals surface area contributed by atoms with E-state index in [1.807, 2.05) is 30.8 Å². The van der Waals surface area contributed by atoms with Gasteiger partial charge < -0.3 is 10.2 Å². The van der Waals surface area contributed by atoms with Crippen LogP contribution in [-0.2, 0) is 0 Å². The van der Waals surface area contributed by atoms with Gasteiger partial charge in [-0.15, -0.1) is 0 Å². The third-order valence-electron chi connectivity index (χ3n) is 1.86. The first kappa shape index (κ1) is 12.6. The van der Waals surface area contributed by atoms with Crippen molar-refractivity contribution in [3.8, 4) is 0 Å². The van der Waals surface area contributed by atoms with Crippen molar-refractivity contribution in [2.24, 2.45) is 4.99 Å². The van der Waals surface area contributed by atoms with E-state index >= 15 is 0 Å². The molecule has 0 fully saturated rings. The van der Waals surface area contributed by atoms with Crippen molar-refractivity contribution in [3.63, 3.8) is 0 Å². The second kappa shape index (κ2) is 5.37. The van der Waals surface area contributed by atoms with E-state index in [4.69, 9.17) is 0 Å². The zero-order valence-electron chi connectivity index (χ0n) is 9.51. The molecule has 0 bridgehead atoms. The third kappa shape index (κ3) is 5.03. The molecule has 0 aliphatic carbocycles. The van der Waals surface area contributed by atoms with E-state index in [1.165, 1.54) is 0 Å². The van der Waals surface area contributed by atoms with Gasteiger partial charge in [-0.3, -0.25) is 4.99 Å². The van der Waals surface area contributed by atoms with Gasteiger partial charge in [0.1, 0.15) is 0 Å². The monoisotopic (exact) mass is 203 g/mol. The van der Waals surface area contributed by atoms with Crippen LogP contribution in [0.25, 0.3) is 0 Å². The number of rotatable bonds is 3. The van der Waals surface area contributed by atoms with Gasteiger partial charge in [-0.25, -0.2) is 0 Å². The van der Waals surface area contributed by atoms with Crippen molar-refractivity contribution < 1.29 is 0 Å². The fourth-order valence-electron chi connectivity index (χ4n) is 0.801. The smallest absolute Gasteiger partial charge is 0.193 e. The van der Waals surface area contributed by atoms with Crippen LogP contribution >= 0.6 is 11.8 Å². The maximum Gasteiger partial charge on any atom is 0.193 e. The number of guanidine groups is 1. The Bertz CT molecular complexity index is 176. The molecular formula is C9H21N3S. The van der Waals surface area contributed by atoms with Crippen molar-refractivity contribution in [2.45, 2.75) is 18.6 Å². The zero-order valence-corrected chi connectivity index (χ0v) is 10.3. The second-order valence-electron chi connectivity index (χ2n) is 3.76. The van der Waals surface area contributed by atoms with Crippen LogP contribution in [0.1, 0.15) is 13.8 Å². The summed E-state index contributed by atoms with van der Waals surface area (Å²) in [4.78, 5) is 6.13. The molecule has 1 N–H and O–H groups in total. The molecule has 0 aliphatic rings. The number of hydrogen-bond acceptors (Lipinski definition) is 2. The Kier molecular flexibility index (Phi) is 5.21. The summed E-state index contributed by atoms with van der Waals surface area (Å²) < 4.78 is 0.256. The van der Waals surface area contributed by atoms with E-state index in [2.05, 4.69) is 30.4 Å². The topological polar surface area (TPSA) is 27.6 Å². The van der Waals surface area contributed by atoms with Gasteiger partial charge in [0.2, 0.25) is 0 Å². The minimum absolute atomic E-state index is 0.256. The van der Waals surface area contributed by atoms with E-state index < -0.39 is 0 Å². The molecule has 0 saturated carbocycles. The Morgan fingerprint density at radius 2 is 2.00 bits per heavy atom. The Balaban J connectivity index is 4.01. The minimum atomic E-state index is 0.256. The molecule has 0 spiro atoms. The van der Waals surface area contributed by atoms with E-state index in [0.29, 0.717) is 0 Å². The molecular weight excluding hydrogens is 182 g/mol. The molecule has 0 heterocycles. The highest BCUT2D eigenvalue weighted by Gasteiger charge is 2.16. The normalized spacial score (nSPS) is 12.9. The van der Waals surface area contributed by atoms with Gasteiger partial charge in [-0.05, 0) is 20.1 Å². The number of hydrogen-bond donors (Lipinski definition) is 1. The second-order valence-corrected chi connectivity index (χ2v) is 5.27. The number of nitrogens with one attached hydrogen (secondary N) is 1. The molecule has 0 saturated heterocycles. The predicted molar refractivity (Wildman–Crippen MR) is 62.6 cm³/mol. The highest BCUT2D eigenvalue weighted by Crippen LogP contribution is 2.19. The highest BCUT2D eigenvalue weighted by molar-refractivity contribution is 7.99. The van der Waals surface area contributed by atoms with Gasteiger partial charge in [0, 0.05) is 32.4 Å². The standard InChI is InChI=1S/C9H21N3S/c1-9(2,13-6)7-11-8(10-3)12(4)5/h7H2,1-6H3,(H,10,11). The first-order chi connectivity index (χ1) is 5.93. The predicted octanol–water partition coefficient (Wildman–Crippen LogP) is 1.26. The lowest BCUT2D eigenvalue weighted by molar-refractivity contribution is 0.565. The maximum atomic E-state index is 4.15. The summed E-state index contributed by atoms with van der Waals surface area (Å²) in [5.74, 6) is 0.933. The first-order valence-electron chi connectivity index (χ1n) is 4.36. The van der Waals surface area contributed by atoms with Gasteiger partial charge in [0.25, 0.3) is 0 Å². The van der Waals surface area contributed by atoms with Gasteiger partial charge in [-0.2, -0.15) is 11.8 Å². The molecule has 4 heteroatoms. The van der Waals surface area contributed by atoms with Gasteiger partial charge in [0.05, 0.1) is 0 Å². The lowest BCUT2D eigenvalue weighted by Gasteiger charge is -2.25. The fraction of sp³-hybridized carbons (Fsp3) is 0.889. The number of aliphatic imine (C=N–C) groups is 1. The molecule has 78 valence electrons. The van der Waals surface area contributed by atoms with Gasteiger partial charge in [-0.1, -0.05) is 0 Å². The van der Waals surface area contributed by atoms with Crippen LogP contribution < -0.4 is 5.32 Å². The number of thioether (sulfide) groups is 1. The average Bonchev–Trinajstić information content (AvgIpc) is 2.05. The van der Waals surface area contributed by atoms with Crippen LogP contribution in [0.2, 0.25) is 0 Å². The van der Waals surface area contributed by atoms with E-state index in [1.54, 1.807) is 7.05 Å². The summed E-state index contributed by atoms with van der Waals surface area (Å²) in [6.45, 7) is 5.36. The van der Waals surface area contributed by atoms with Crippen LogP contribution in [0.3, 0.4) is 0 Å². The quantitative estimate of drug-likeness (QED) is 0.553. The Labute approximate surface area is 86.0 Å². The summed E-state index contributed by atoms with van der Waals surface area (Å²) in [5, 5.41) is 3.32. The maximum absolute atomic E-state index is 4.15. The van der Waals surface area contributed by atoms with E-state index in [9.17, 15) is 0 Å². The van der Waals surface area contributed by atoms with Crippen molar-refractivity contribution in [2.75, 3.05) is 33.9 Å². The third-order valence-corrected chi connectivity index (χ3v) is 3.11. The van der Waals surface area contributed by atoms with Crippen LogP contribution in [0.5, 0.6) is 0 Å². The van der Waals surface area contributed by atoms with Gasteiger partial charge in [0.15, 0.2) is 5.96 Å². The lowest BCUT2D eigenvalue weighted by Crippen LogP contribution is -2.42. The molecule has 0 aromatic rings. The molecule has 0 radical (unpaired) electrons. The molecule has 0 amide bonds. The molecule has 3 nitrogen and oxygen atoms in total. The van der Waals surface area contributed by atoms with Crippen LogP contribution in [0.15, 0.2) is 4.99 Å². The van der Waals surface area contributed by atoms with E-state index in [0.717, 1.165) is 12.5 Å². The van der Waals surface area contributed by atoms with Crippen LogP contribution in [-0.4, -0.2) is 49.6 Å². The summed E-state index contributed by atoms with van der Waals surface area (Å²) in [6.07, 6.45) is 2.13. The van der Waals surface area contributed by atoms with Crippen molar-refractivity contribution >= 4 is 17.7 Å². The van der Waals surface area contributed by atoms with Crippen LogP contribution in [0, 0.1) is 0 Å². The summed E-state index contributed by atoms with van der Waals surface area (Å²) in [5.41, 5.74) is 0. The van der Waals surface area contributed by atoms with Crippen molar-refractivity contribution in [1.29, 1.82) is 0 Å². The van der Waals surface area contributed by atoms with Crippen molar-refractivity contribution in [1.82, 2.24) is 10.2 Å². The molecule has 0 unspecified atom stereocenters. The first-order valence-corrected chi connectivity index (χ1v) is 5.58. The molecule has 0 aromatic carbocycles. The fourth-order valence-corrected chi connectivity index (χ4v) is 1.02. The summed E-state index contributed by atoms with van der Waals surface area (Å²) in [7, 11) is 5.78. The molecule has 13 heavy (non-hydrogen) atoms. The largest absolute Gasteiger partial charge is 0.355 e. The Morgan fingerprint density at radius 1 is 1.46 bits per heavy atom. The number of nitrogens with zero attached hydrogens (tertiary/aromatic N) is 2. The Morgan fingerprint density at radius 3 is 2.31 bits per heavy atom. The lowest BCUT2D eigenvalue weighted by atomic mass is 10.2. The summed E-state index contributed by atoms with van der Waals surface area (Å²) in [6, 6.07) is 0. The van der Waals surface area contributed by atoms with Crippen LogP contribution in [0.4, 0.5) is 0 Å². The molecule has 0 rings (SSSR count). The minimum Gasteiger partial charge on any atom is -0.355 e. The zero-order chi connectivity index (χ0) is 10.5. The summed E-state index contributed by atoms with van der Waals surface area (Å²) >= 11 is 1.86. The van der Waals surface area contributed by atoms with Gasteiger partial charge >= 0.3 is 0 Å².